The lowest BCUT2D eigenvalue weighted by Crippen LogP contribution is -2.30. The highest BCUT2D eigenvalue weighted by Crippen LogP contribution is 2.25. The van der Waals surface area contributed by atoms with Gasteiger partial charge in [0.05, 0.1) is 0 Å². The summed E-state index contributed by atoms with van der Waals surface area (Å²) in [5.41, 5.74) is 7.17. The lowest BCUT2D eigenvalue weighted by Gasteiger charge is -2.16. The third-order valence-corrected chi connectivity index (χ3v) is 5.20. The van der Waals surface area contributed by atoms with E-state index in [1.807, 2.05) is 18.2 Å². The van der Waals surface area contributed by atoms with Gasteiger partial charge in [-0.05, 0) is 73.8 Å². The van der Waals surface area contributed by atoms with Gasteiger partial charge >= 0.3 is 0 Å². The number of thiocarbonyl (C=S) groups is 1. The zero-order valence-corrected chi connectivity index (χ0v) is 16.9. The van der Waals surface area contributed by atoms with Crippen molar-refractivity contribution in [1.29, 1.82) is 0 Å². The minimum Gasteiger partial charge on any atom is -0.362 e. The van der Waals surface area contributed by atoms with E-state index in [0.717, 1.165) is 35.6 Å². The molecule has 2 aromatic carbocycles. The van der Waals surface area contributed by atoms with Crippen LogP contribution in [0, 0.1) is 13.8 Å². The van der Waals surface area contributed by atoms with E-state index in [0.29, 0.717) is 5.11 Å². The topological polar surface area (TPSA) is 39.8 Å². The molecule has 1 aromatic heterocycles. The molecule has 3 aromatic rings. The lowest BCUT2D eigenvalue weighted by molar-refractivity contribution is 0.871. The first-order chi connectivity index (χ1) is 12.5. The highest BCUT2D eigenvalue weighted by molar-refractivity contribution is 7.80. The Bertz CT molecular complexity index is 946. The van der Waals surface area contributed by atoms with Crippen LogP contribution in [0.5, 0.6) is 0 Å². The molecule has 0 aliphatic carbocycles. The molecule has 3 N–H and O–H groups in total. The maximum atomic E-state index is 6.16. The van der Waals surface area contributed by atoms with Crippen molar-refractivity contribution >= 4 is 45.5 Å². The molecule has 3 nitrogen and oxygen atoms in total. The minimum atomic E-state index is 0.657. The summed E-state index contributed by atoms with van der Waals surface area (Å²) in [6, 6.07) is 12.3. The van der Waals surface area contributed by atoms with Gasteiger partial charge in [-0.3, -0.25) is 0 Å². The van der Waals surface area contributed by atoms with Crippen LogP contribution in [-0.4, -0.2) is 16.6 Å². The van der Waals surface area contributed by atoms with Gasteiger partial charge in [-0.1, -0.05) is 36.7 Å². The van der Waals surface area contributed by atoms with Crippen molar-refractivity contribution in [2.24, 2.45) is 0 Å². The summed E-state index contributed by atoms with van der Waals surface area (Å²) in [6.45, 7) is 7.12. The summed E-state index contributed by atoms with van der Waals surface area (Å²) >= 11 is 11.7. The van der Waals surface area contributed by atoms with Gasteiger partial charge in [0.2, 0.25) is 0 Å². The summed E-state index contributed by atoms with van der Waals surface area (Å²) in [5.74, 6) is 0. The Balaban J connectivity index is 1.65. The van der Waals surface area contributed by atoms with Gasteiger partial charge in [0.25, 0.3) is 0 Å². The smallest absolute Gasteiger partial charge is 0.170 e. The number of hydrogen-bond acceptors (Lipinski definition) is 1. The normalized spacial score (nSPS) is 10.9. The number of rotatable bonds is 5. The Kier molecular flexibility index (Phi) is 5.84. The van der Waals surface area contributed by atoms with Gasteiger partial charge < -0.3 is 15.6 Å². The van der Waals surface area contributed by atoms with Gasteiger partial charge in [-0.15, -0.1) is 0 Å². The Hall–Kier alpha value is -2.04. The Morgan fingerprint density at radius 2 is 2.00 bits per heavy atom. The molecule has 5 heteroatoms. The molecule has 0 aliphatic rings. The highest BCUT2D eigenvalue weighted by Gasteiger charge is 2.10. The fourth-order valence-electron chi connectivity index (χ4n) is 3.34. The second-order valence-corrected chi connectivity index (χ2v) is 7.36. The summed E-state index contributed by atoms with van der Waals surface area (Å²) in [7, 11) is 0. The number of benzene rings is 2. The molecule has 0 atom stereocenters. The molecule has 0 fully saturated rings. The molecule has 0 spiro atoms. The van der Waals surface area contributed by atoms with Crippen LogP contribution in [0.15, 0.2) is 36.4 Å². The first-order valence-corrected chi connectivity index (χ1v) is 9.68. The molecule has 0 bridgehead atoms. The molecule has 136 valence electrons. The summed E-state index contributed by atoms with van der Waals surface area (Å²) in [5, 5.41) is 9.29. The maximum absolute atomic E-state index is 6.16. The summed E-state index contributed by atoms with van der Waals surface area (Å²) in [6.07, 6.45) is 1.85. The van der Waals surface area contributed by atoms with Gasteiger partial charge in [0, 0.05) is 33.9 Å². The van der Waals surface area contributed by atoms with Crippen LogP contribution < -0.4 is 10.6 Å². The number of para-hydroxylation sites is 1. The molecule has 0 radical (unpaired) electrons. The molecule has 26 heavy (non-hydrogen) atoms. The molecule has 0 saturated heterocycles. The zero-order valence-electron chi connectivity index (χ0n) is 15.4. The Morgan fingerprint density at radius 1 is 1.19 bits per heavy atom. The van der Waals surface area contributed by atoms with Crippen LogP contribution in [0.3, 0.4) is 0 Å². The number of anilines is 1. The quantitative estimate of drug-likeness (QED) is 0.505. The molecule has 0 unspecified atom stereocenters. The molecule has 3 rings (SSSR count). The van der Waals surface area contributed by atoms with E-state index in [1.54, 1.807) is 0 Å². The number of aromatic amines is 1. The predicted octanol–water partition coefficient (Wildman–Crippen LogP) is 5.53. The largest absolute Gasteiger partial charge is 0.362 e. The monoisotopic (exact) mass is 385 g/mol. The van der Waals surface area contributed by atoms with Crippen LogP contribution in [0.2, 0.25) is 5.02 Å². The minimum absolute atomic E-state index is 0.657. The maximum Gasteiger partial charge on any atom is 0.170 e. The average Bonchev–Trinajstić information content (AvgIpc) is 2.92. The predicted molar refractivity (Wildman–Crippen MR) is 117 cm³/mol. The SMILES string of the molecule is CCc1cccc(C)c1NC(=S)NCCc1c(C)[nH]c2ccc(Cl)cc12. The molecular weight excluding hydrogens is 362 g/mol. The van der Waals surface area contributed by atoms with Crippen molar-refractivity contribution < 1.29 is 0 Å². The van der Waals surface area contributed by atoms with Crippen molar-refractivity contribution in [2.75, 3.05) is 11.9 Å². The zero-order chi connectivity index (χ0) is 18.7. The number of H-pyrrole nitrogens is 1. The van der Waals surface area contributed by atoms with Gasteiger partial charge in [0.15, 0.2) is 5.11 Å². The molecule has 1 heterocycles. The van der Waals surface area contributed by atoms with E-state index in [1.165, 1.54) is 27.8 Å². The number of halogens is 1. The van der Waals surface area contributed by atoms with E-state index < -0.39 is 0 Å². The third-order valence-electron chi connectivity index (χ3n) is 4.72. The van der Waals surface area contributed by atoms with Crippen LogP contribution in [0.25, 0.3) is 10.9 Å². The fraction of sp³-hybridized carbons (Fsp3) is 0.286. The van der Waals surface area contributed by atoms with Crippen LogP contribution >= 0.6 is 23.8 Å². The second-order valence-electron chi connectivity index (χ2n) is 6.51. The van der Waals surface area contributed by atoms with Crippen LogP contribution in [0.1, 0.15) is 29.3 Å². The summed E-state index contributed by atoms with van der Waals surface area (Å²) in [4.78, 5) is 3.42. The summed E-state index contributed by atoms with van der Waals surface area (Å²) < 4.78 is 0. The third kappa shape index (κ3) is 4.02. The van der Waals surface area contributed by atoms with Crippen molar-refractivity contribution in [1.82, 2.24) is 10.3 Å². The van der Waals surface area contributed by atoms with Crippen molar-refractivity contribution in [3.63, 3.8) is 0 Å². The number of aromatic nitrogens is 1. The number of aryl methyl sites for hydroxylation is 3. The molecule has 0 saturated carbocycles. The van der Waals surface area contributed by atoms with Crippen LogP contribution in [0.4, 0.5) is 5.69 Å². The molecular formula is C21H24ClN3S. The molecule has 0 amide bonds. The first-order valence-electron chi connectivity index (χ1n) is 8.89. The fourth-order valence-corrected chi connectivity index (χ4v) is 3.71. The van der Waals surface area contributed by atoms with E-state index in [-0.39, 0.29) is 0 Å². The van der Waals surface area contributed by atoms with E-state index in [4.69, 9.17) is 23.8 Å². The number of fused-ring (bicyclic) bond motifs is 1. The van der Waals surface area contributed by atoms with E-state index in [2.05, 4.69) is 54.6 Å². The Labute approximate surface area is 165 Å². The van der Waals surface area contributed by atoms with Gasteiger partial charge in [0.1, 0.15) is 0 Å². The standard InChI is InChI=1S/C21H24ClN3S/c1-4-15-7-5-6-13(2)20(15)25-21(26)23-11-10-17-14(3)24-19-9-8-16(22)12-18(17)19/h5-9,12,24H,4,10-11H2,1-3H3,(H2,23,25,26). The number of nitrogens with one attached hydrogen (secondary N) is 3. The van der Waals surface area contributed by atoms with Crippen molar-refractivity contribution in [3.05, 3.63) is 63.8 Å². The first kappa shape index (κ1) is 18.7. The van der Waals surface area contributed by atoms with Crippen LogP contribution in [-0.2, 0) is 12.8 Å². The second kappa shape index (κ2) is 8.11. The van der Waals surface area contributed by atoms with Gasteiger partial charge in [-0.25, -0.2) is 0 Å². The lowest BCUT2D eigenvalue weighted by atomic mass is 10.1. The Morgan fingerprint density at radius 3 is 2.77 bits per heavy atom. The van der Waals surface area contributed by atoms with E-state index in [9.17, 15) is 0 Å². The highest BCUT2D eigenvalue weighted by atomic mass is 35.5. The van der Waals surface area contributed by atoms with E-state index >= 15 is 0 Å². The van der Waals surface area contributed by atoms with Gasteiger partial charge in [-0.2, -0.15) is 0 Å². The number of hydrogen-bond donors (Lipinski definition) is 3. The molecule has 0 aliphatic heterocycles. The average molecular weight is 386 g/mol. The van der Waals surface area contributed by atoms with Crippen molar-refractivity contribution in [2.45, 2.75) is 33.6 Å². The van der Waals surface area contributed by atoms with Crippen molar-refractivity contribution in [3.8, 4) is 0 Å².